The number of rotatable bonds is 5. The molecule has 0 aliphatic carbocycles. The fourth-order valence-electron chi connectivity index (χ4n) is 3.96. The molecule has 0 atom stereocenters. The smallest absolute Gasteiger partial charge is 0.144 e. The molecule has 4 aromatic carbocycles. The minimum absolute atomic E-state index is 0.583. The van der Waals surface area contributed by atoms with E-state index in [1.54, 1.807) is 4.80 Å². The third-order valence-electron chi connectivity index (χ3n) is 5.39. The molecule has 5 rings (SSSR count). The maximum absolute atomic E-state index is 4.89. The summed E-state index contributed by atoms with van der Waals surface area (Å²) in [6.07, 6.45) is 0. The molecule has 0 N–H and O–H groups in total. The first kappa shape index (κ1) is 19.4. The van der Waals surface area contributed by atoms with Crippen molar-refractivity contribution in [3.8, 4) is 11.4 Å². The molecule has 31 heavy (non-hydrogen) atoms. The molecule has 0 bridgehead atoms. The zero-order chi connectivity index (χ0) is 21.1. The van der Waals surface area contributed by atoms with Crippen molar-refractivity contribution in [3.05, 3.63) is 136 Å². The summed E-state index contributed by atoms with van der Waals surface area (Å²) in [4.78, 5) is 1.74. The molecule has 5 aromatic rings. The van der Waals surface area contributed by atoms with Crippen LogP contribution in [-0.4, -0.2) is 20.2 Å². The van der Waals surface area contributed by atoms with Gasteiger partial charge in [0.25, 0.3) is 0 Å². The standard InChI is InChI=1S/C26H19BrN4/c27-24-18-16-20(17-19-24)25-28-30-31(29-25)26(21-10-4-1-5-11-21,22-12-6-2-7-13-22)23-14-8-3-9-15-23/h1-19H. The number of halogens is 1. The quantitative estimate of drug-likeness (QED) is 0.301. The zero-order valence-corrected chi connectivity index (χ0v) is 18.2. The highest BCUT2D eigenvalue weighted by Gasteiger charge is 2.41. The summed E-state index contributed by atoms with van der Waals surface area (Å²) in [6.45, 7) is 0. The Bertz CT molecular complexity index is 1170. The van der Waals surface area contributed by atoms with Gasteiger partial charge in [0.15, 0.2) is 5.54 Å². The number of aromatic nitrogens is 4. The first-order valence-corrected chi connectivity index (χ1v) is 10.8. The Morgan fingerprint density at radius 1 is 0.581 bits per heavy atom. The number of benzene rings is 4. The van der Waals surface area contributed by atoms with E-state index < -0.39 is 5.54 Å². The highest BCUT2D eigenvalue weighted by Crippen LogP contribution is 2.39. The molecular weight excluding hydrogens is 448 g/mol. The van der Waals surface area contributed by atoms with Gasteiger partial charge in [-0.05, 0) is 46.2 Å². The van der Waals surface area contributed by atoms with Crippen molar-refractivity contribution in [2.45, 2.75) is 5.54 Å². The Balaban J connectivity index is 1.80. The van der Waals surface area contributed by atoms with Crippen LogP contribution in [0.2, 0.25) is 0 Å². The van der Waals surface area contributed by atoms with Crippen LogP contribution in [0.3, 0.4) is 0 Å². The SMILES string of the molecule is Brc1ccc(-c2nnn(C(c3ccccc3)(c3ccccc3)c3ccccc3)n2)cc1. The lowest BCUT2D eigenvalue weighted by Gasteiger charge is -2.34. The maximum atomic E-state index is 4.89. The van der Waals surface area contributed by atoms with E-state index in [0.717, 1.165) is 26.7 Å². The van der Waals surface area contributed by atoms with E-state index in [4.69, 9.17) is 5.10 Å². The number of nitrogens with zero attached hydrogens (tertiary/aromatic N) is 4. The van der Waals surface area contributed by atoms with Gasteiger partial charge >= 0.3 is 0 Å². The molecule has 0 spiro atoms. The Morgan fingerprint density at radius 2 is 1.03 bits per heavy atom. The summed E-state index contributed by atoms with van der Waals surface area (Å²) < 4.78 is 1.01. The third kappa shape index (κ3) is 3.47. The number of hydrogen-bond acceptors (Lipinski definition) is 3. The van der Waals surface area contributed by atoms with Crippen LogP contribution in [0, 0.1) is 0 Å². The minimum atomic E-state index is -0.760. The molecule has 0 unspecified atom stereocenters. The molecule has 1 heterocycles. The van der Waals surface area contributed by atoms with Gasteiger partial charge in [0, 0.05) is 10.0 Å². The van der Waals surface area contributed by atoms with E-state index in [-0.39, 0.29) is 0 Å². The van der Waals surface area contributed by atoms with Crippen LogP contribution in [0.5, 0.6) is 0 Å². The second kappa shape index (κ2) is 8.28. The molecule has 5 heteroatoms. The molecule has 0 saturated heterocycles. The Kier molecular flexibility index (Phi) is 5.18. The predicted octanol–water partition coefficient (Wildman–Crippen LogP) is 5.94. The molecule has 0 saturated carbocycles. The summed E-state index contributed by atoms with van der Waals surface area (Å²) in [5.41, 5.74) is 3.34. The normalized spacial score (nSPS) is 11.4. The van der Waals surface area contributed by atoms with Gasteiger partial charge in [0.2, 0.25) is 5.82 Å². The van der Waals surface area contributed by atoms with E-state index in [2.05, 4.69) is 62.6 Å². The summed E-state index contributed by atoms with van der Waals surface area (Å²) in [7, 11) is 0. The fourth-order valence-corrected chi connectivity index (χ4v) is 4.22. The summed E-state index contributed by atoms with van der Waals surface area (Å²) >= 11 is 3.49. The van der Waals surface area contributed by atoms with E-state index in [9.17, 15) is 0 Å². The zero-order valence-electron chi connectivity index (χ0n) is 16.6. The van der Waals surface area contributed by atoms with Crippen LogP contribution in [-0.2, 0) is 5.54 Å². The van der Waals surface area contributed by atoms with Crippen molar-refractivity contribution in [1.29, 1.82) is 0 Å². The molecule has 0 aliphatic rings. The van der Waals surface area contributed by atoms with Gasteiger partial charge in [0.05, 0.1) is 0 Å². The van der Waals surface area contributed by atoms with Crippen molar-refractivity contribution in [2.24, 2.45) is 0 Å². The summed E-state index contributed by atoms with van der Waals surface area (Å²) in [6, 6.07) is 38.9. The first-order chi connectivity index (χ1) is 15.3. The summed E-state index contributed by atoms with van der Waals surface area (Å²) in [5.74, 6) is 0.583. The Labute approximate surface area is 189 Å². The van der Waals surface area contributed by atoms with Gasteiger partial charge in [-0.2, -0.15) is 0 Å². The topological polar surface area (TPSA) is 43.6 Å². The third-order valence-corrected chi connectivity index (χ3v) is 5.92. The van der Waals surface area contributed by atoms with E-state index in [0.29, 0.717) is 5.82 Å². The average molecular weight is 467 g/mol. The highest BCUT2D eigenvalue weighted by atomic mass is 79.9. The van der Waals surface area contributed by atoms with Crippen LogP contribution >= 0.6 is 15.9 Å². The van der Waals surface area contributed by atoms with Crippen LogP contribution in [0.1, 0.15) is 16.7 Å². The molecule has 150 valence electrons. The lowest BCUT2D eigenvalue weighted by atomic mass is 9.77. The lowest BCUT2D eigenvalue weighted by molar-refractivity contribution is 0.396. The molecule has 1 aromatic heterocycles. The largest absolute Gasteiger partial charge is 0.204 e. The van der Waals surface area contributed by atoms with Crippen molar-refractivity contribution in [3.63, 3.8) is 0 Å². The van der Waals surface area contributed by atoms with Crippen molar-refractivity contribution < 1.29 is 0 Å². The van der Waals surface area contributed by atoms with Crippen molar-refractivity contribution in [1.82, 2.24) is 20.2 Å². The van der Waals surface area contributed by atoms with Crippen molar-refractivity contribution >= 4 is 15.9 Å². The van der Waals surface area contributed by atoms with Crippen LogP contribution in [0.15, 0.2) is 120 Å². The highest BCUT2D eigenvalue weighted by molar-refractivity contribution is 9.10. The predicted molar refractivity (Wildman–Crippen MR) is 126 cm³/mol. The average Bonchev–Trinajstić information content (AvgIpc) is 3.33. The van der Waals surface area contributed by atoms with E-state index >= 15 is 0 Å². The fraction of sp³-hybridized carbons (Fsp3) is 0.0385. The number of tetrazole rings is 1. The van der Waals surface area contributed by atoms with Crippen LogP contribution in [0.25, 0.3) is 11.4 Å². The van der Waals surface area contributed by atoms with Gasteiger partial charge in [0.1, 0.15) is 0 Å². The van der Waals surface area contributed by atoms with Crippen LogP contribution in [0.4, 0.5) is 0 Å². The second-order valence-electron chi connectivity index (χ2n) is 7.22. The first-order valence-electron chi connectivity index (χ1n) is 10.0. The van der Waals surface area contributed by atoms with Crippen LogP contribution < -0.4 is 0 Å². The maximum Gasteiger partial charge on any atom is 0.204 e. The minimum Gasteiger partial charge on any atom is -0.144 e. The number of hydrogen-bond donors (Lipinski definition) is 0. The Morgan fingerprint density at radius 3 is 1.48 bits per heavy atom. The molecular formula is C26H19BrN4. The molecule has 0 amide bonds. The lowest BCUT2D eigenvalue weighted by Crippen LogP contribution is -2.39. The van der Waals surface area contributed by atoms with Gasteiger partial charge in [-0.1, -0.05) is 107 Å². The van der Waals surface area contributed by atoms with Gasteiger partial charge in [-0.3, -0.25) is 0 Å². The van der Waals surface area contributed by atoms with Crippen molar-refractivity contribution in [2.75, 3.05) is 0 Å². The Hall–Kier alpha value is -3.57. The van der Waals surface area contributed by atoms with Gasteiger partial charge < -0.3 is 0 Å². The monoisotopic (exact) mass is 466 g/mol. The molecule has 4 nitrogen and oxygen atoms in total. The molecule has 0 aliphatic heterocycles. The van der Waals surface area contributed by atoms with E-state index in [1.165, 1.54) is 0 Å². The molecule has 0 fully saturated rings. The second-order valence-corrected chi connectivity index (χ2v) is 8.13. The summed E-state index contributed by atoms with van der Waals surface area (Å²) in [5, 5.41) is 13.9. The van der Waals surface area contributed by atoms with Gasteiger partial charge in [-0.25, -0.2) is 0 Å². The molecule has 0 radical (unpaired) electrons. The van der Waals surface area contributed by atoms with E-state index in [1.807, 2.05) is 78.9 Å². The van der Waals surface area contributed by atoms with Gasteiger partial charge in [-0.15, -0.1) is 15.0 Å².